The van der Waals surface area contributed by atoms with Crippen molar-refractivity contribution in [2.24, 2.45) is 5.73 Å². The minimum atomic E-state index is -0.248. The third-order valence-corrected chi connectivity index (χ3v) is 1.69. The number of methoxy groups -OCH3 is 1. The van der Waals surface area contributed by atoms with Crippen molar-refractivity contribution in [1.82, 2.24) is 4.98 Å². The Morgan fingerprint density at radius 1 is 1.54 bits per heavy atom. The summed E-state index contributed by atoms with van der Waals surface area (Å²) in [6.07, 6.45) is 2.47. The maximum atomic E-state index is 5.90. The number of rotatable bonds is 3. The van der Waals surface area contributed by atoms with E-state index in [1.165, 1.54) is 0 Å². The molecule has 0 amide bonds. The van der Waals surface area contributed by atoms with Crippen LogP contribution in [-0.4, -0.2) is 17.6 Å². The molecule has 0 fully saturated rings. The van der Waals surface area contributed by atoms with E-state index in [2.05, 4.69) is 4.98 Å². The van der Waals surface area contributed by atoms with Crippen molar-refractivity contribution in [2.45, 2.75) is 25.8 Å². The first-order valence-corrected chi connectivity index (χ1v) is 4.30. The minimum absolute atomic E-state index is 0.248. The zero-order valence-corrected chi connectivity index (χ0v) is 8.37. The van der Waals surface area contributed by atoms with Gasteiger partial charge in [-0.15, -0.1) is 0 Å². The second kappa shape index (κ2) is 3.75. The molecule has 2 N–H and O–H groups in total. The topological polar surface area (TPSA) is 48.1 Å². The fraction of sp³-hybridized carbons (Fsp3) is 0.500. The van der Waals surface area contributed by atoms with Gasteiger partial charge in [-0.2, -0.15) is 0 Å². The summed E-state index contributed by atoms with van der Waals surface area (Å²) in [5, 5.41) is 0. The van der Waals surface area contributed by atoms with Crippen LogP contribution >= 0.6 is 0 Å². The zero-order chi connectivity index (χ0) is 9.90. The van der Waals surface area contributed by atoms with Gasteiger partial charge in [0.25, 0.3) is 0 Å². The van der Waals surface area contributed by atoms with Gasteiger partial charge in [-0.1, -0.05) is 0 Å². The molecule has 72 valence electrons. The SMILES string of the molecule is COc1cccnc1CC(C)(C)N. The van der Waals surface area contributed by atoms with Crippen LogP contribution in [0.15, 0.2) is 18.3 Å². The normalized spacial score (nSPS) is 11.4. The maximum absolute atomic E-state index is 5.90. The molecular weight excluding hydrogens is 164 g/mol. The Bertz CT molecular complexity index is 278. The predicted octanol–water partition coefficient (Wildman–Crippen LogP) is 1.37. The average molecular weight is 180 g/mol. The van der Waals surface area contributed by atoms with Crippen LogP contribution in [0, 0.1) is 0 Å². The summed E-state index contributed by atoms with van der Waals surface area (Å²) in [5.41, 5.74) is 6.56. The van der Waals surface area contributed by atoms with Gasteiger partial charge in [0.05, 0.1) is 12.8 Å². The van der Waals surface area contributed by atoms with Crippen molar-refractivity contribution in [3.05, 3.63) is 24.0 Å². The lowest BCUT2D eigenvalue weighted by atomic mass is 9.99. The predicted molar refractivity (Wildman–Crippen MR) is 52.8 cm³/mol. The number of nitrogens with two attached hydrogens (primary N) is 1. The van der Waals surface area contributed by atoms with Gasteiger partial charge in [0.2, 0.25) is 0 Å². The van der Waals surface area contributed by atoms with E-state index in [1.54, 1.807) is 13.3 Å². The van der Waals surface area contributed by atoms with E-state index >= 15 is 0 Å². The summed E-state index contributed by atoms with van der Waals surface area (Å²) < 4.78 is 5.17. The highest BCUT2D eigenvalue weighted by molar-refractivity contribution is 5.27. The van der Waals surface area contributed by atoms with Crippen molar-refractivity contribution in [3.8, 4) is 5.75 Å². The molecule has 0 aliphatic rings. The average Bonchev–Trinajstić information content (AvgIpc) is 2.02. The van der Waals surface area contributed by atoms with Crippen LogP contribution in [0.1, 0.15) is 19.5 Å². The molecule has 1 aromatic heterocycles. The second-order valence-corrected chi connectivity index (χ2v) is 3.82. The largest absolute Gasteiger partial charge is 0.495 e. The van der Waals surface area contributed by atoms with Crippen LogP contribution in [0.2, 0.25) is 0 Å². The number of aromatic nitrogens is 1. The molecule has 0 aliphatic heterocycles. The number of nitrogens with zero attached hydrogens (tertiary/aromatic N) is 1. The molecule has 0 spiro atoms. The summed E-state index contributed by atoms with van der Waals surface area (Å²) >= 11 is 0. The number of hydrogen-bond acceptors (Lipinski definition) is 3. The Morgan fingerprint density at radius 3 is 2.77 bits per heavy atom. The van der Waals surface area contributed by atoms with Crippen LogP contribution in [0.4, 0.5) is 0 Å². The lowest BCUT2D eigenvalue weighted by Gasteiger charge is -2.18. The highest BCUT2D eigenvalue weighted by Crippen LogP contribution is 2.18. The van der Waals surface area contributed by atoms with Crippen LogP contribution < -0.4 is 10.5 Å². The summed E-state index contributed by atoms with van der Waals surface area (Å²) in [6.45, 7) is 3.95. The molecule has 0 atom stereocenters. The summed E-state index contributed by atoms with van der Waals surface area (Å²) in [5.74, 6) is 0.807. The van der Waals surface area contributed by atoms with Crippen molar-refractivity contribution >= 4 is 0 Å². The molecule has 3 nitrogen and oxygen atoms in total. The molecule has 0 bridgehead atoms. The molecule has 1 rings (SSSR count). The first kappa shape index (κ1) is 9.99. The number of ether oxygens (including phenoxy) is 1. The molecule has 0 radical (unpaired) electrons. The van der Waals surface area contributed by atoms with Crippen molar-refractivity contribution in [3.63, 3.8) is 0 Å². The van der Waals surface area contributed by atoms with Gasteiger partial charge < -0.3 is 10.5 Å². The van der Waals surface area contributed by atoms with E-state index in [4.69, 9.17) is 10.5 Å². The van der Waals surface area contributed by atoms with Gasteiger partial charge in [-0.3, -0.25) is 4.98 Å². The molecule has 0 saturated heterocycles. The number of hydrogen-bond donors (Lipinski definition) is 1. The molecular formula is C10H16N2O. The molecule has 3 heteroatoms. The first-order valence-electron chi connectivity index (χ1n) is 4.30. The van der Waals surface area contributed by atoms with Gasteiger partial charge in [-0.25, -0.2) is 0 Å². The third kappa shape index (κ3) is 3.03. The minimum Gasteiger partial charge on any atom is -0.495 e. The first-order chi connectivity index (χ1) is 6.03. The maximum Gasteiger partial charge on any atom is 0.140 e. The Balaban J connectivity index is 2.87. The number of pyridine rings is 1. The highest BCUT2D eigenvalue weighted by atomic mass is 16.5. The fourth-order valence-electron chi connectivity index (χ4n) is 1.17. The zero-order valence-electron chi connectivity index (χ0n) is 8.37. The van der Waals surface area contributed by atoms with Crippen LogP contribution in [0.25, 0.3) is 0 Å². The van der Waals surface area contributed by atoms with E-state index in [9.17, 15) is 0 Å². The monoisotopic (exact) mass is 180 g/mol. The summed E-state index contributed by atoms with van der Waals surface area (Å²) in [7, 11) is 1.64. The van der Waals surface area contributed by atoms with Crippen LogP contribution in [0.3, 0.4) is 0 Å². The molecule has 13 heavy (non-hydrogen) atoms. The van der Waals surface area contributed by atoms with Gasteiger partial charge in [0.15, 0.2) is 0 Å². The summed E-state index contributed by atoms with van der Waals surface area (Å²) in [6, 6.07) is 3.75. The highest BCUT2D eigenvalue weighted by Gasteiger charge is 2.15. The van der Waals surface area contributed by atoms with Gasteiger partial charge in [-0.05, 0) is 26.0 Å². The second-order valence-electron chi connectivity index (χ2n) is 3.82. The third-order valence-electron chi connectivity index (χ3n) is 1.69. The van der Waals surface area contributed by atoms with Crippen LogP contribution in [-0.2, 0) is 6.42 Å². The van der Waals surface area contributed by atoms with E-state index in [-0.39, 0.29) is 5.54 Å². The van der Waals surface area contributed by atoms with Crippen LogP contribution in [0.5, 0.6) is 5.75 Å². The lowest BCUT2D eigenvalue weighted by molar-refractivity contribution is 0.398. The van der Waals surface area contributed by atoms with Crippen molar-refractivity contribution in [1.29, 1.82) is 0 Å². The molecule has 0 aliphatic carbocycles. The Morgan fingerprint density at radius 2 is 2.23 bits per heavy atom. The standard InChI is InChI=1S/C10H16N2O/c1-10(2,11)7-8-9(13-3)5-4-6-12-8/h4-6H,7,11H2,1-3H3. The van der Waals surface area contributed by atoms with Gasteiger partial charge >= 0.3 is 0 Å². The fourth-order valence-corrected chi connectivity index (χ4v) is 1.17. The summed E-state index contributed by atoms with van der Waals surface area (Å²) in [4.78, 5) is 4.23. The van der Waals surface area contributed by atoms with E-state index in [0.717, 1.165) is 17.9 Å². The molecule has 0 saturated carbocycles. The smallest absolute Gasteiger partial charge is 0.140 e. The molecule has 1 aromatic rings. The van der Waals surface area contributed by atoms with E-state index in [0.29, 0.717) is 0 Å². The molecule has 1 heterocycles. The van der Waals surface area contributed by atoms with E-state index < -0.39 is 0 Å². The van der Waals surface area contributed by atoms with Crippen molar-refractivity contribution in [2.75, 3.05) is 7.11 Å². The van der Waals surface area contributed by atoms with Gasteiger partial charge in [0, 0.05) is 18.2 Å². The molecule has 0 aromatic carbocycles. The van der Waals surface area contributed by atoms with E-state index in [1.807, 2.05) is 26.0 Å². The quantitative estimate of drug-likeness (QED) is 0.764. The lowest BCUT2D eigenvalue weighted by Crippen LogP contribution is -2.34. The Labute approximate surface area is 78.9 Å². The molecule has 0 unspecified atom stereocenters. The van der Waals surface area contributed by atoms with Gasteiger partial charge in [0.1, 0.15) is 5.75 Å². The Kier molecular flexibility index (Phi) is 2.88. The van der Waals surface area contributed by atoms with Crippen molar-refractivity contribution < 1.29 is 4.74 Å². The Hall–Kier alpha value is -1.09.